The van der Waals surface area contributed by atoms with Crippen LogP contribution in [0.4, 0.5) is 5.69 Å². The van der Waals surface area contributed by atoms with Crippen molar-refractivity contribution >= 4 is 46.8 Å². The Morgan fingerprint density at radius 1 is 1.08 bits per heavy atom. The predicted octanol–water partition coefficient (Wildman–Crippen LogP) is 3.38. The first-order valence-electron chi connectivity index (χ1n) is 6.85. The molecule has 0 radical (unpaired) electrons. The minimum absolute atomic E-state index is 0.0896. The normalized spacial score (nSPS) is 10.5. The smallest absolute Gasteiger partial charge is 0.268 e. The van der Waals surface area contributed by atoms with Crippen LogP contribution in [0.15, 0.2) is 48.5 Å². The van der Waals surface area contributed by atoms with Crippen LogP contribution in [0.3, 0.4) is 0 Å². The SMILES string of the molecule is O=C(/C=C/c1cccc([N+](=O)[O-])c1)NNC(=O)c1ccc(Cl)cc1Cl. The summed E-state index contributed by atoms with van der Waals surface area (Å²) in [6.07, 6.45) is 2.51. The number of halogens is 2. The summed E-state index contributed by atoms with van der Waals surface area (Å²) in [4.78, 5) is 33.8. The minimum atomic E-state index is -0.620. The minimum Gasteiger partial charge on any atom is -0.268 e. The molecule has 0 aromatic heterocycles. The molecule has 25 heavy (non-hydrogen) atoms. The van der Waals surface area contributed by atoms with Gasteiger partial charge >= 0.3 is 0 Å². The van der Waals surface area contributed by atoms with Gasteiger partial charge in [0.15, 0.2) is 0 Å². The Morgan fingerprint density at radius 2 is 1.84 bits per heavy atom. The standard InChI is InChI=1S/C16H11Cl2N3O4/c17-11-5-6-13(14(18)9-11)16(23)20-19-15(22)7-4-10-2-1-3-12(8-10)21(24)25/h1-9H,(H,19,22)(H,20,23)/b7-4+. The van der Waals surface area contributed by atoms with Gasteiger partial charge in [0.05, 0.1) is 15.5 Å². The summed E-state index contributed by atoms with van der Waals surface area (Å²) >= 11 is 11.6. The molecule has 2 aromatic rings. The zero-order valence-electron chi connectivity index (χ0n) is 12.5. The van der Waals surface area contributed by atoms with Crippen LogP contribution < -0.4 is 10.9 Å². The summed E-state index contributed by atoms with van der Waals surface area (Å²) in [6, 6.07) is 10.1. The van der Waals surface area contributed by atoms with Crippen molar-refractivity contribution in [1.82, 2.24) is 10.9 Å². The van der Waals surface area contributed by atoms with E-state index in [1.807, 2.05) is 0 Å². The van der Waals surface area contributed by atoms with Crippen molar-refractivity contribution in [2.24, 2.45) is 0 Å². The van der Waals surface area contributed by atoms with Crippen molar-refractivity contribution in [2.75, 3.05) is 0 Å². The van der Waals surface area contributed by atoms with Crippen molar-refractivity contribution in [1.29, 1.82) is 0 Å². The largest absolute Gasteiger partial charge is 0.271 e. The Bertz CT molecular complexity index is 868. The fourth-order valence-electron chi connectivity index (χ4n) is 1.81. The van der Waals surface area contributed by atoms with Crippen molar-refractivity contribution in [3.63, 3.8) is 0 Å². The highest BCUT2D eigenvalue weighted by molar-refractivity contribution is 6.36. The van der Waals surface area contributed by atoms with Gasteiger partial charge in [-0.15, -0.1) is 0 Å². The van der Waals surface area contributed by atoms with E-state index < -0.39 is 16.7 Å². The van der Waals surface area contributed by atoms with Crippen LogP contribution in [0.5, 0.6) is 0 Å². The van der Waals surface area contributed by atoms with Crippen molar-refractivity contribution in [3.8, 4) is 0 Å². The summed E-state index contributed by atoms with van der Waals surface area (Å²) in [6.45, 7) is 0. The average Bonchev–Trinajstić information content (AvgIpc) is 2.58. The number of hydrogen-bond acceptors (Lipinski definition) is 4. The highest BCUT2D eigenvalue weighted by Gasteiger charge is 2.11. The molecule has 0 saturated heterocycles. The number of hydrogen-bond donors (Lipinski definition) is 2. The topological polar surface area (TPSA) is 101 Å². The average molecular weight is 380 g/mol. The van der Waals surface area contributed by atoms with Crippen LogP contribution in [0.2, 0.25) is 10.0 Å². The Balaban J connectivity index is 1.95. The van der Waals surface area contributed by atoms with E-state index >= 15 is 0 Å². The maximum Gasteiger partial charge on any atom is 0.271 e. The van der Waals surface area contributed by atoms with E-state index in [1.165, 1.54) is 42.5 Å². The van der Waals surface area contributed by atoms with Gasteiger partial charge in [0.25, 0.3) is 17.5 Å². The fraction of sp³-hybridized carbons (Fsp3) is 0. The third-order valence-corrected chi connectivity index (χ3v) is 3.53. The molecule has 0 saturated carbocycles. The van der Waals surface area contributed by atoms with E-state index in [2.05, 4.69) is 10.9 Å². The molecule has 0 aliphatic rings. The summed E-state index contributed by atoms with van der Waals surface area (Å²) < 4.78 is 0. The van der Waals surface area contributed by atoms with Gasteiger partial charge in [0, 0.05) is 23.2 Å². The lowest BCUT2D eigenvalue weighted by Gasteiger charge is -2.07. The molecule has 7 nitrogen and oxygen atoms in total. The quantitative estimate of drug-likeness (QED) is 0.482. The second-order valence-corrected chi connectivity index (χ2v) is 5.60. The molecule has 2 aromatic carbocycles. The summed E-state index contributed by atoms with van der Waals surface area (Å²) in [5.41, 5.74) is 4.91. The summed E-state index contributed by atoms with van der Waals surface area (Å²) in [5.74, 6) is -1.23. The molecule has 0 aliphatic heterocycles. The number of carbonyl (C=O) groups is 2. The number of nitro groups is 1. The lowest BCUT2D eigenvalue weighted by atomic mass is 10.2. The van der Waals surface area contributed by atoms with Crippen LogP contribution in [-0.2, 0) is 4.79 Å². The Labute approximate surface area is 152 Å². The second kappa shape index (κ2) is 8.27. The molecule has 128 valence electrons. The molecule has 2 rings (SSSR count). The molecule has 0 unspecified atom stereocenters. The van der Waals surface area contributed by atoms with Crippen LogP contribution in [0.1, 0.15) is 15.9 Å². The van der Waals surface area contributed by atoms with Gasteiger partial charge in [-0.1, -0.05) is 35.3 Å². The molecular formula is C16H11Cl2N3O4. The zero-order valence-corrected chi connectivity index (χ0v) is 14.0. The van der Waals surface area contributed by atoms with E-state index in [9.17, 15) is 19.7 Å². The maximum atomic E-state index is 11.9. The first kappa shape index (κ1) is 18.4. The first-order valence-corrected chi connectivity index (χ1v) is 7.60. The van der Waals surface area contributed by atoms with Gasteiger partial charge in [-0.05, 0) is 29.8 Å². The predicted molar refractivity (Wildman–Crippen MR) is 94.2 cm³/mol. The first-order chi connectivity index (χ1) is 11.9. The number of hydrazine groups is 1. The highest BCUT2D eigenvalue weighted by Crippen LogP contribution is 2.20. The Kier molecular flexibility index (Phi) is 6.10. The number of nitrogens with one attached hydrogen (secondary N) is 2. The van der Waals surface area contributed by atoms with Crippen molar-refractivity contribution < 1.29 is 14.5 Å². The van der Waals surface area contributed by atoms with Crippen LogP contribution in [-0.4, -0.2) is 16.7 Å². The zero-order chi connectivity index (χ0) is 18.4. The van der Waals surface area contributed by atoms with Gasteiger partial charge in [-0.2, -0.15) is 0 Å². The van der Waals surface area contributed by atoms with Crippen LogP contribution in [0.25, 0.3) is 6.08 Å². The van der Waals surface area contributed by atoms with E-state index in [-0.39, 0.29) is 16.3 Å². The molecular weight excluding hydrogens is 369 g/mol. The number of rotatable bonds is 4. The van der Waals surface area contributed by atoms with Crippen molar-refractivity contribution in [3.05, 3.63) is 79.8 Å². The number of amides is 2. The van der Waals surface area contributed by atoms with E-state index in [0.717, 1.165) is 6.08 Å². The number of nitro benzene ring substituents is 1. The second-order valence-electron chi connectivity index (χ2n) is 4.75. The molecule has 0 heterocycles. The molecule has 0 atom stereocenters. The molecule has 2 N–H and O–H groups in total. The lowest BCUT2D eigenvalue weighted by Crippen LogP contribution is -2.40. The summed E-state index contributed by atoms with van der Waals surface area (Å²) in [7, 11) is 0. The number of carbonyl (C=O) groups excluding carboxylic acids is 2. The highest BCUT2D eigenvalue weighted by atomic mass is 35.5. The van der Waals surface area contributed by atoms with E-state index in [4.69, 9.17) is 23.2 Å². The molecule has 9 heteroatoms. The maximum absolute atomic E-state index is 11.9. The Morgan fingerprint density at radius 3 is 2.52 bits per heavy atom. The third kappa shape index (κ3) is 5.30. The van der Waals surface area contributed by atoms with Gasteiger partial charge in [-0.3, -0.25) is 30.6 Å². The lowest BCUT2D eigenvalue weighted by molar-refractivity contribution is -0.384. The molecule has 0 bridgehead atoms. The fourth-order valence-corrected chi connectivity index (χ4v) is 2.31. The van der Waals surface area contributed by atoms with Gasteiger partial charge in [-0.25, -0.2) is 0 Å². The van der Waals surface area contributed by atoms with Gasteiger partial charge in [0.1, 0.15) is 0 Å². The molecule has 0 aliphatic carbocycles. The monoisotopic (exact) mass is 379 g/mol. The van der Waals surface area contributed by atoms with E-state index in [1.54, 1.807) is 6.07 Å². The summed E-state index contributed by atoms with van der Waals surface area (Å²) in [5, 5.41) is 11.2. The number of non-ortho nitro benzene ring substituents is 1. The molecule has 2 amide bonds. The molecule has 0 fully saturated rings. The third-order valence-electron chi connectivity index (χ3n) is 2.98. The van der Waals surface area contributed by atoms with Crippen molar-refractivity contribution in [2.45, 2.75) is 0 Å². The van der Waals surface area contributed by atoms with Gasteiger partial charge in [0.2, 0.25) is 0 Å². The van der Waals surface area contributed by atoms with Gasteiger partial charge < -0.3 is 0 Å². The van der Waals surface area contributed by atoms with E-state index in [0.29, 0.717) is 10.6 Å². The van der Waals surface area contributed by atoms with Crippen LogP contribution >= 0.6 is 23.2 Å². The number of nitrogens with zero attached hydrogens (tertiary/aromatic N) is 1. The Hall–Kier alpha value is -2.90. The number of benzene rings is 2. The molecule has 0 spiro atoms. The van der Waals surface area contributed by atoms with Crippen LogP contribution in [0, 0.1) is 10.1 Å².